The van der Waals surface area contributed by atoms with E-state index in [1.54, 1.807) is 0 Å². The zero-order chi connectivity index (χ0) is 13.1. The molecule has 0 saturated carbocycles. The molecular formula is C13H21N3O2. The van der Waals surface area contributed by atoms with Gasteiger partial charge in [-0.1, -0.05) is 0 Å². The number of carbonyl (C=O) groups is 1. The minimum atomic E-state index is -0.666. The first-order chi connectivity index (χ1) is 8.61. The zero-order valence-electron chi connectivity index (χ0n) is 11.1. The molecule has 1 N–H and O–H groups in total. The molecule has 5 nitrogen and oxygen atoms in total. The number of carboxylic acids is 1. The Morgan fingerprint density at radius 3 is 3.00 bits per heavy atom. The Labute approximate surface area is 107 Å². The van der Waals surface area contributed by atoms with Crippen LogP contribution in [0.15, 0.2) is 6.20 Å². The van der Waals surface area contributed by atoms with Gasteiger partial charge in [0.2, 0.25) is 0 Å². The minimum Gasteiger partial charge on any atom is -0.481 e. The normalized spacial score (nSPS) is 21.1. The Morgan fingerprint density at radius 1 is 1.61 bits per heavy atom. The average Bonchev–Trinajstić information content (AvgIpc) is 2.71. The van der Waals surface area contributed by atoms with Gasteiger partial charge in [0.1, 0.15) is 0 Å². The van der Waals surface area contributed by atoms with Crippen LogP contribution in [0.4, 0.5) is 0 Å². The van der Waals surface area contributed by atoms with Gasteiger partial charge in [-0.3, -0.25) is 14.4 Å². The molecule has 0 bridgehead atoms. The van der Waals surface area contributed by atoms with Crippen molar-refractivity contribution >= 4 is 5.97 Å². The molecule has 100 valence electrons. The first-order valence-corrected chi connectivity index (χ1v) is 6.58. The summed E-state index contributed by atoms with van der Waals surface area (Å²) < 4.78 is 1.98. The van der Waals surface area contributed by atoms with Crippen LogP contribution in [0.25, 0.3) is 0 Å². The SMILES string of the molecule is CCn1ncc(CN2CCCC(C(=O)O)C2)c1C. The number of aliphatic carboxylic acids is 1. The topological polar surface area (TPSA) is 58.4 Å². The van der Waals surface area contributed by atoms with Gasteiger partial charge in [-0.05, 0) is 33.2 Å². The number of piperidine rings is 1. The third-order valence-corrected chi connectivity index (χ3v) is 3.75. The number of aromatic nitrogens is 2. The van der Waals surface area contributed by atoms with E-state index >= 15 is 0 Å². The van der Waals surface area contributed by atoms with Gasteiger partial charge in [0, 0.05) is 30.9 Å². The highest BCUT2D eigenvalue weighted by atomic mass is 16.4. The van der Waals surface area contributed by atoms with Gasteiger partial charge in [-0.15, -0.1) is 0 Å². The second kappa shape index (κ2) is 5.52. The molecule has 1 fully saturated rings. The average molecular weight is 251 g/mol. The summed E-state index contributed by atoms with van der Waals surface area (Å²) in [6.07, 6.45) is 3.68. The first-order valence-electron chi connectivity index (χ1n) is 6.58. The number of hydrogen-bond acceptors (Lipinski definition) is 3. The van der Waals surface area contributed by atoms with E-state index < -0.39 is 5.97 Å². The van der Waals surface area contributed by atoms with Crippen LogP contribution in [0.1, 0.15) is 31.0 Å². The van der Waals surface area contributed by atoms with Crippen LogP contribution in [0.2, 0.25) is 0 Å². The predicted octanol–water partition coefficient (Wildman–Crippen LogP) is 1.51. The second-order valence-corrected chi connectivity index (χ2v) is 4.98. The Kier molecular flexibility index (Phi) is 4.01. The molecule has 18 heavy (non-hydrogen) atoms. The smallest absolute Gasteiger partial charge is 0.307 e. The van der Waals surface area contributed by atoms with Gasteiger partial charge in [0.25, 0.3) is 0 Å². The molecule has 2 rings (SSSR count). The summed E-state index contributed by atoms with van der Waals surface area (Å²) in [5.41, 5.74) is 2.40. The van der Waals surface area contributed by atoms with Gasteiger partial charge >= 0.3 is 5.97 Å². The minimum absolute atomic E-state index is 0.208. The van der Waals surface area contributed by atoms with E-state index in [4.69, 9.17) is 5.11 Å². The molecule has 0 radical (unpaired) electrons. The lowest BCUT2D eigenvalue weighted by Gasteiger charge is -2.30. The lowest BCUT2D eigenvalue weighted by molar-refractivity contribution is -0.143. The molecule has 1 aliphatic rings. The van der Waals surface area contributed by atoms with E-state index in [1.807, 2.05) is 10.9 Å². The van der Waals surface area contributed by atoms with Crippen molar-refractivity contribution in [3.63, 3.8) is 0 Å². The highest BCUT2D eigenvalue weighted by molar-refractivity contribution is 5.70. The summed E-state index contributed by atoms with van der Waals surface area (Å²) in [6, 6.07) is 0. The maximum atomic E-state index is 11.0. The van der Waals surface area contributed by atoms with Gasteiger partial charge in [-0.2, -0.15) is 5.10 Å². The van der Waals surface area contributed by atoms with Crippen LogP contribution in [-0.4, -0.2) is 38.8 Å². The molecule has 1 aromatic rings. The quantitative estimate of drug-likeness (QED) is 0.881. The van der Waals surface area contributed by atoms with Crippen LogP contribution >= 0.6 is 0 Å². The highest BCUT2D eigenvalue weighted by Gasteiger charge is 2.25. The molecule has 0 aromatic carbocycles. The zero-order valence-corrected chi connectivity index (χ0v) is 11.1. The largest absolute Gasteiger partial charge is 0.481 e. The summed E-state index contributed by atoms with van der Waals surface area (Å²) >= 11 is 0. The van der Waals surface area contributed by atoms with Crippen molar-refractivity contribution < 1.29 is 9.90 Å². The van der Waals surface area contributed by atoms with Crippen molar-refractivity contribution in [1.82, 2.24) is 14.7 Å². The summed E-state index contributed by atoms with van der Waals surface area (Å²) in [4.78, 5) is 13.3. The lowest BCUT2D eigenvalue weighted by atomic mass is 9.98. The summed E-state index contributed by atoms with van der Waals surface area (Å²) in [5.74, 6) is -0.874. The maximum Gasteiger partial charge on any atom is 0.307 e. The molecule has 0 aliphatic carbocycles. The van der Waals surface area contributed by atoms with Crippen molar-refractivity contribution in [2.24, 2.45) is 5.92 Å². The number of carboxylic acid groups (broad SMARTS) is 1. The monoisotopic (exact) mass is 251 g/mol. The third kappa shape index (κ3) is 2.72. The van der Waals surface area contributed by atoms with Crippen LogP contribution in [0, 0.1) is 12.8 Å². The molecule has 0 amide bonds. The second-order valence-electron chi connectivity index (χ2n) is 4.98. The van der Waals surface area contributed by atoms with Gasteiger partial charge in [0.05, 0.1) is 12.1 Å². The summed E-state index contributed by atoms with van der Waals surface area (Å²) in [6.45, 7) is 7.49. The van der Waals surface area contributed by atoms with E-state index in [9.17, 15) is 4.79 Å². The van der Waals surface area contributed by atoms with E-state index in [2.05, 4.69) is 23.8 Å². The molecule has 1 aliphatic heterocycles. The summed E-state index contributed by atoms with van der Waals surface area (Å²) in [7, 11) is 0. The number of likely N-dealkylation sites (tertiary alicyclic amines) is 1. The molecule has 0 spiro atoms. The van der Waals surface area contributed by atoms with Gasteiger partial charge < -0.3 is 5.11 Å². The number of hydrogen-bond donors (Lipinski definition) is 1. The van der Waals surface area contributed by atoms with Gasteiger partial charge in [-0.25, -0.2) is 0 Å². The fourth-order valence-corrected chi connectivity index (χ4v) is 2.60. The van der Waals surface area contributed by atoms with Gasteiger partial charge in [0.15, 0.2) is 0 Å². The van der Waals surface area contributed by atoms with Crippen molar-refractivity contribution in [3.05, 3.63) is 17.5 Å². The fraction of sp³-hybridized carbons (Fsp3) is 0.692. The Morgan fingerprint density at radius 2 is 2.39 bits per heavy atom. The molecule has 5 heteroatoms. The van der Waals surface area contributed by atoms with E-state index in [0.29, 0.717) is 6.54 Å². The summed E-state index contributed by atoms with van der Waals surface area (Å²) in [5, 5.41) is 13.4. The number of rotatable bonds is 4. The lowest BCUT2D eigenvalue weighted by Crippen LogP contribution is -2.38. The molecular weight excluding hydrogens is 230 g/mol. The predicted molar refractivity (Wildman–Crippen MR) is 68.3 cm³/mol. The number of nitrogens with zero attached hydrogens (tertiary/aromatic N) is 3. The first kappa shape index (κ1) is 13.1. The van der Waals surface area contributed by atoms with Crippen LogP contribution < -0.4 is 0 Å². The molecule has 1 saturated heterocycles. The van der Waals surface area contributed by atoms with E-state index in [1.165, 1.54) is 11.3 Å². The fourth-order valence-electron chi connectivity index (χ4n) is 2.60. The van der Waals surface area contributed by atoms with Crippen LogP contribution in [0.3, 0.4) is 0 Å². The van der Waals surface area contributed by atoms with Crippen molar-refractivity contribution in [1.29, 1.82) is 0 Å². The van der Waals surface area contributed by atoms with Crippen molar-refractivity contribution in [3.8, 4) is 0 Å². The molecule has 1 unspecified atom stereocenters. The van der Waals surface area contributed by atoms with Crippen LogP contribution in [-0.2, 0) is 17.9 Å². The molecule has 1 aromatic heterocycles. The standard InChI is InChI=1S/C13H21N3O2/c1-3-16-10(2)12(7-14-16)9-15-6-4-5-11(8-15)13(17)18/h7,11H,3-6,8-9H2,1-2H3,(H,17,18). The highest BCUT2D eigenvalue weighted by Crippen LogP contribution is 2.19. The molecule has 1 atom stereocenters. The number of aryl methyl sites for hydroxylation is 1. The Balaban J connectivity index is 2.00. The van der Waals surface area contributed by atoms with E-state index in [-0.39, 0.29) is 5.92 Å². The third-order valence-electron chi connectivity index (χ3n) is 3.75. The van der Waals surface area contributed by atoms with E-state index in [0.717, 1.165) is 32.5 Å². The van der Waals surface area contributed by atoms with Crippen molar-refractivity contribution in [2.45, 2.75) is 39.8 Å². The maximum absolute atomic E-state index is 11.0. The van der Waals surface area contributed by atoms with Crippen LogP contribution in [0.5, 0.6) is 0 Å². The Bertz CT molecular complexity index is 428. The van der Waals surface area contributed by atoms with Crippen molar-refractivity contribution in [2.75, 3.05) is 13.1 Å². The Hall–Kier alpha value is -1.36. The molecule has 2 heterocycles.